The van der Waals surface area contributed by atoms with E-state index in [4.69, 9.17) is 28.8 Å². The predicted molar refractivity (Wildman–Crippen MR) is 112 cm³/mol. The summed E-state index contributed by atoms with van der Waals surface area (Å²) in [5, 5.41) is 11.6. The molecule has 1 saturated heterocycles. The molecule has 186 valence electrons. The zero-order chi connectivity index (χ0) is 25.4. The van der Waals surface area contributed by atoms with E-state index in [1.54, 1.807) is 12.1 Å². The lowest BCUT2D eigenvalue weighted by atomic mass is 9.96. The van der Waals surface area contributed by atoms with Crippen molar-refractivity contribution in [1.82, 2.24) is 5.32 Å². The Morgan fingerprint density at radius 1 is 0.912 bits per heavy atom. The number of carbonyl (C=O) groups excluding carboxylic acids is 4. The van der Waals surface area contributed by atoms with E-state index in [-0.39, 0.29) is 18.8 Å². The monoisotopic (exact) mass is 481 g/mol. The summed E-state index contributed by atoms with van der Waals surface area (Å²) in [6.45, 7) is 4.30. The molecule has 1 aromatic carbocycles. The molecular formula is C22H27NO11. The first-order chi connectivity index (χ1) is 16.0. The maximum Gasteiger partial charge on any atom is 0.335 e. The number of carbonyl (C=O) groups is 5. The number of aromatic carboxylic acids is 1. The van der Waals surface area contributed by atoms with E-state index in [0.717, 1.165) is 13.8 Å². The van der Waals surface area contributed by atoms with Crippen LogP contribution < -0.4 is 5.32 Å². The molecule has 0 bridgehead atoms. The van der Waals surface area contributed by atoms with Crippen LogP contribution in [0.4, 0.5) is 0 Å². The van der Waals surface area contributed by atoms with Crippen LogP contribution >= 0.6 is 0 Å². The number of carboxylic acid groups (broad SMARTS) is 1. The van der Waals surface area contributed by atoms with E-state index in [1.807, 2.05) is 0 Å². The topological polar surface area (TPSA) is 164 Å². The second kappa shape index (κ2) is 12.1. The molecule has 2 N–H and O–H groups in total. The molecule has 1 amide bonds. The van der Waals surface area contributed by atoms with Gasteiger partial charge in [0.25, 0.3) is 0 Å². The molecule has 0 spiro atoms. The van der Waals surface area contributed by atoms with E-state index < -0.39 is 60.4 Å². The summed E-state index contributed by atoms with van der Waals surface area (Å²) in [5.41, 5.74) is 0.687. The highest BCUT2D eigenvalue weighted by atomic mass is 16.7. The van der Waals surface area contributed by atoms with Gasteiger partial charge in [0, 0.05) is 27.7 Å². The number of ether oxygens (including phenoxy) is 5. The lowest BCUT2D eigenvalue weighted by Crippen LogP contribution is -2.66. The van der Waals surface area contributed by atoms with Crippen LogP contribution in [-0.2, 0) is 49.5 Å². The van der Waals surface area contributed by atoms with E-state index in [9.17, 15) is 24.0 Å². The minimum absolute atomic E-state index is 0.0635. The molecule has 5 atom stereocenters. The largest absolute Gasteiger partial charge is 0.478 e. The molecule has 1 heterocycles. The van der Waals surface area contributed by atoms with Crippen LogP contribution in [0.25, 0.3) is 0 Å². The average molecular weight is 481 g/mol. The number of amides is 1. The Bertz CT molecular complexity index is 914. The summed E-state index contributed by atoms with van der Waals surface area (Å²) in [4.78, 5) is 57.8. The summed E-state index contributed by atoms with van der Waals surface area (Å²) in [6, 6.07) is 4.80. The van der Waals surface area contributed by atoms with Gasteiger partial charge in [-0.1, -0.05) is 12.1 Å². The standard InChI is InChI=1S/C22H27NO11/c1-11(24)23-18-20(33-14(4)27)19(32-13(3)26)17(10-30-12(2)25)34-22(18)31-9-15-5-7-16(8-6-15)21(28)29/h5-8,17-20,22H,9-10H2,1-4H3,(H,23,24)(H,28,29)/t17-,18-,19+,20-,22-/m1/s1. The van der Waals surface area contributed by atoms with Crippen LogP contribution in [0.3, 0.4) is 0 Å². The molecule has 1 aromatic rings. The van der Waals surface area contributed by atoms with E-state index in [2.05, 4.69) is 5.32 Å². The lowest BCUT2D eigenvalue weighted by molar-refractivity contribution is -0.280. The first-order valence-electron chi connectivity index (χ1n) is 10.3. The number of benzene rings is 1. The fourth-order valence-corrected chi connectivity index (χ4v) is 3.36. The third-order valence-corrected chi connectivity index (χ3v) is 4.69. The van der Waals surface area contributed by atoms with Crippen molar-refractivity contribution >= 4 is 29.8 Å². The van der Waals surface area contributed by atoms with Crippen molar-refractivity contribution in [2.24, 2.45) is 0 Å². The number of rotatable bonds is 9. The Balaban J connectivity index is 2.34. The van der Waals surface area contributed by atoms with Gasteiger partial charge in [-0.25, -0.2) is 4.79 Å². The summed E-state index contributed by atoms with van der Waals surface area (Å²) in [7, 11) is 0. The maximum atomic E-state index is 11.9. The van der Waals surface area contributed by atoms with Crippen molar-refractivity contribution < 1.29 is 52.8 Å². The molecule has 12 nitrogen and oxygen atoms in total. The molecule has 2 rings (SSSR count). The first kappa shape index (κ1) is 26.7. The second-order valence-corrected chi connectivity index (χ2v) is 7.53. The number of carboxylic acids is 1. The van der Waals surface area contributed by atoms with Crippen LogP contribution in [-0.4, -0.2) is 72.1 Å². The third-order valence-electron chi connectivity index (χ3n) is 4.69. The fourth-order valence-electron chi connectivity index (χ4n) is 3.36. The fraction of sp³-hybridized carbons (Fsp3) is 0.500. The van der Waals surface area contributed by atoms with Crippen LogP contribution in [0, 0.1) is 0 Å². The SMILES string of the molecule is CC(=O)N[C@H]1[C@H](OCc2ccc(C(=O)O)cc2)O[C@H](COC(C)=O)[C@H](OC(C)=O)[C@@H]1OC(C)=O. The highest BCUT2D eigenvalue weighted by Gasteiger charge is 2.51. The second-order valence-electron chi connectivity index (χ2n) is 7.53. The molecular weight excluding hydrogens is 454 g/mol. The molecule has 1 aliphatic heterocycles. The van der Waals surface area contributed by atoms with Gasteiger partial charge < -0.3 is 34.1 Å². The highest BCUT2D eigenvalue weighted by molar-refractivity contribution is 5.87. The van der Waals surface area contributed by atoms with Gasteiger partial charge in [-0.05, 0) is 17.7 Å². The first-order valence-corrected chi connectivity index (χ1v) is 10.3. The van der Waals surface area contributed by atoms with Crippen molar-refractivity contribution in [3.8, 4) is 0 Å². The van der Waals surface area contributed by atoms with Gasteiger partial charge in [0.05, 0.1) is 12.2 Å². The molecule has 0 aromatic heterocycles. The molecule has 0 saturated carbocycles. The quantitative estimate of drug-likeness (QED) is 0.374. The van der Waals surface area contributed by atoms with Gasteiger partial charge >= 0.3 is 23.9 Å². The molecule has 0 unspecified atom stereocenters. The Labute approximate surface area is 195 Å². The Morgan fingerprint density at radius 2 is 1.50 bits per heavy atom. The van der Waals surface area contributed by atoms with Gasteiger partial charge in [-0.2, -0.15) is 0 Å². The Kier molecular flexibility index (Phi) is 9.51. The number of nitrogens with one attached hydrogen (secondary N) is 1. The minimum atomic E-state index is -1.22. The van der Waals surface area contributed by atoms with Crippen molar-refractivity contribution in [2.75, 3.05) is 6.61 Å². The van der Waals surface area contributed by atoms with E-state index >= 15 is 0 Å². The van der Waals surface area contributed by atoms with Gasteiger partial charge in [0.2, 0.25) is 5.91 Å². The Hall–Kier alpha value is -3.51. The third kappa shape index (κ3) is 7.81. The van der Waals surface area contributed by atoms with Crippen LogP contribution in [0.1, 0.15) is 43.6 Å². The van der Waals surface area contributed by atoms with Gasteiger partial charge in [-0.15, -0.1) is 0 Å². The van der Waals surface area contributed by atoms with Crippen molar-refractivity contribution in [3.63, 3.8) is 0 Å². The summed E-state index contributed by atoms with van der Waals surface area (Å²) < 4.78 is 27.4. The Morgan fingerprint density at radius 3 is 2.00 bits per heavy atom. The predicted octanol–water partition coefficient (Wildman–Crippen LogP) is 0.558. The number of esters is 3. The van der Waals surface area contributed by atoms with Crippen molar-refractivity contribution in [2.45, 2.75) is 64.9 Å². The van der Waals surface area contributed by atoms with Gasteiger partial charge in [-0.3, -0.25) is 19.2 Å². The van der Waals surface area contributed by atoms with Crippen molar-refractivity contribution in [1.29, 1.82) is 0 Å². The normalized spacial score (nSPS) is 23.9. The molecule has 0 aliphatic carbocycles. The minimum Gasteiger partial charge on any atom is -0.478 e. The molecule has 1 aliphatic rings. The molecule has 34 heavy (non-hydrogen) atoms. The number of hydrogen-bond acceptors (Lipinski definition) is 10. The zero-order valence-electron chi connectivity index (χ0n) is 19.1. The zero-order valence-corrected chi connectivity index (χ0v) is 19.1. The van der Waals surface area contributed by atoms with Crippen LogP contribution in [0.2, 0.25) is 0 Å². The van der Waals surface area contributed by atoms with Crippen LogP contribution in [0.15, 0.2) is 24.3 Å². The van der Waals surface area contributed by atoms with E-state index in [1.165, 1.54) is 26.0 Å². The summed E-state index contributed by atoms with van der Waals surface area (Å²) in [6.07, 6.45) is -4.73. The molecule has 12 heteroatoms. The highest BCUT2D eigenvalue weighted by Crippen LogP contribution is 2.28. The van der Waals surface area contributed by atoms with Gasteiger partial charge in [0.15, 0.2) is 18.5 Å². The molecule has 1 fully saturated rings. The smallest absolute Gasteiger partial charge is 0.335 e. The number of hydrogen-bond donors (Lipinski definition) is 2. The van der Waals surface area contributed by atoms with Crippen molar-refractivity contribution in [3.05, 3.63) is 35.4 Å². The van der Waals surface area contributed by atoms with Gasteiger partial charge in [0.1, 0.15) is 18.8 Å². The summed E-state index contributed by atoms with van der Waals surface area (Å²) >= 11 is 0. The molecule has 0 radical (unpaired) electrons. The average Bonchev–Trinajstić information content (AvgIpc) is 2.73. The maximum absolute atomic E-state index is 11.9. The van der Waals surface area contributed by atoms with E-state index in [0.29, 0.717) is 5.56 Å². The van der Waals surface area contributed by atoms with Crippen LogP contribution in [0.5, 0.6) is 0 Å². The summed E-state index contributed by atoms with van der Waals surface area (Å²) in [5.74, 6) is -3.62. The lowest BCUT2D eigenvalue weighted by Gasteiger charge is -2.44.